The topological polar surface area (TPSA) is 67.5 Å². The van der Waals surface area contributed by atoms with Crippen LogP contribution < -0.4 is 0 Å². The van der Waals surface area contributed by atoms with Crippen LogP contribution >= 0.6 is 0 Å². The van der Waals surface area contributed by atoms with Crippen molar-refractivity contribution >= 4 is 6.09 Å². The number of halogens is 6. The maximum absolute atomic E-state index is 14.2. The number of amides is 1. The highest BCUT2D eigenvalue weighted by Gasteiger charge is 2.39. The molecular weight excluding hydrogens is 492 g/mol. The number of hydrogen-bond donors (Lipinski definition) is 1. The van der Waals surface area contributed by atoms with Crippen LogP contribution in [0.3, 0.4) is 0 Å². The average Bonchev–Trinajstić information content (AvgIpc) is 3.39. The zero-order valence-electron chi connectivity index (χ0n) is 19.4. The first kappa shape index (κ1) is 26.3. The minimum Gasteiger partial charge on any atom is -0.440 e. The molecule has 1 N–H and O–H groups in total. The first-order chi connectivity index (χ1) is 17.1. The summed E-state index contributed by atoms with van der Waals surface area (Å²) < 4.78 is 90.4. The van der Waals surface area contributed by atoms with Gasteiger partial charge in [0.05, 0.1) is 18.8 Å². The number of carbonyl (C=O) groups excluding carboxylic acids is 1. The number of H-pyrrole nitrogens is 1. The smallest absolute Gasteiger partial charge is 0.422 e. The van der Waals surface area contributed by atoms with Crippen LogP contribution in [0.15, 0.2) is 24.4 Å². The predicted octanol–water partition coefficient (Wildman–Crippen LogP) is 5.82. The van der Waals surface area contributed by atoms with Crippen LogP contribution in [0.4, 0.5) is 31.1 Å². The fourth-order valence-electron chi connectivity index (χ4n) is 5.22. The highest BCUT2D eigenvalue weighted by molar-refractivity contribution is 5.68. The SMILES string of the molecule is O=C(OCC(F)(F)F)N1CCCC(c2ccn[nH]2)C1COC1CCC(c2c(F)ccc(F)c2F)CC1. The summed E-state index contributed by atoms with van der Waals surface area (Å²) in [5.74, 6) is -3.77. The second-order valence-corrected chi connectivity index (χ2v) is 9.26. The Labute approximate surface area is 203 Å². The zero-order chi connectivity index (χ0) is 25.9. The summed E-state index contributed by atoms with van der Waals surface area (Å²) >= 11 is 0. The number of rotatable bonds is 6. The number of ether oxygens (including phenoxy) is 2. The molecule has 12 heteroatoms. The maximum atomic E-state index is 14.2. The monoisotopic (exact) mass is 519 g/mol. The third-order valence-electron chi connectivity index (χ3n) is 6.96. The molecule has 0 spiro atoms. The molecule has 0 bridgehead atoms. The Hall–Kier alpha value is -2.76. The van der Waals surface area contributed by atoms with Gasteiger partial charge < -0.3 is 14.4 Å². The molecule has 2 fully saturated rings. The number of alkyl halides is 3. The summed E-state index contributed by atoms with van der Waals surface area (Å²) in [5, 5.41) is 6.80. The lowest BCUT2D eigenvalue weighted by molar-refractivity contribution is -0.163. The molecule has 1 saturated heterocycles. The molecule has 2 aromatic rings. The van der Waals surface area contributed by atoms with Gasteiger partial charge in [0.15, 0.2) is 18.2 Å². The molecule has 1 aliphatic heterocycles. The molecule has 2 atom stereocenters. The highest BCUT2D eigenvalue weighted by Crippen LogP contribution is 2.38. The normalized spacial score (nSPS) is 25.1. The van der Waals surface area contributed by atoms with Gasteiger partial charge in [-0.15, -0.1) is 0 Å². The van der Waals surface area contributed by atoms with Gasteiger partial charge in [-0.1, -0.05) is 0 Å². The van der Waals surface area contributed by atoms with E-state index in [0.29, 0.717) is 38.5 Å². The van der Waals surface area contributed by atoms with E-state index in [9.17, 15) is 31.1 Å². The molecule has 0 radical (unpaired) electrons. The lowest BCUT2D eigenvalue weighted by Crippen LogP contribution is -2.51. The van der Waals surface area contributed by atoms with Crippen molar-refractivity contribution in [1.82, 2.24) is 15.1 Å². The van der Waals surface area contributed by atoms with Crippen LogP contribution in [0.5, 0.6) is 0 Å². The molecule has 2 unspecified atom stereocenters. The Kier molecular flexibility index (Phi) is 8.11. The van der Waals surface area contributed by atoms with Gasteiger partial charge in [-0.25, -0.2) is 18.0 Å². The van der Waals surface area contributed by atoms with E-state index in [1.807, 2.05) is 0 Å². The van der Waals surface area contributed by atoms with Crippen LogP contribution in [0.25, 0.3) is 0 Å². The Morgan fingerprint density at radius 2 is 1.78 bits per heavy atom. The van der Waals surface area contributed by atoms with Gasteiger partial charge in [-0.2, -0.15) is 18.3 Å². The van der Waals surface area contributed by atoms with E-state index in [0.717, 1.165) is 17.8 Å². The van der Waals surface area contributed by atoms with Crippen molar-refractivity contribution in [2.75, 3.05) is 19.8 Å². The number of aromatic amines is 1. The first-order valence-electron chi connectivity index (χ1n) is 11.9. The van der Waals surface area contributed by atoms with Crippen molar-refractivity contribution in [3.8, 4) is 0 Å². The van der Waals surface area contributed by atoms with Crippen molar-refractivity contribution in [2.45, 2.75) is 68.7 Å². The van der Waals surface area contributed by atoms with Gasteiger partial charge in [0.1, 0.15) is 5.82 Å². The van der Waals surface area contributed by atoms with E-state index in [2.05, 4.69) is 14.9 Å². The van der Waals surface area contributed by atoms with Crippen LogP contribution in [0.2, 0.25) is 0 Å². The minimum absolute atomic E-state index is 0.0445. The van der Waals surface area contributed by atoms with Gasteiger partial charge in [0.25, 0.3) is 0 Å². The van der Waals surface area contributed by atoms with Gasteiger partial charge in [-0.3, -0.25) is 5.10 Å². The van der Waals surface area contributed by atoms with E-state index >= 15 is 0 Å². The van der Waals surface area contributed by atoms with E-state index in [1.165, 1.54) is 4.90 Å². The first-order valence-corrected chi connectivity index (χ1v) is 11.9. The number of piperidine rings is 1. The van der Waals surface area contributed by atoms with Crippen LogP contribution in [-0.2, 0) is 9.47 Å². The van der Waals surface area contributed by atoms with Crippen LogP contribution in [-0.4, -0.2) is 59.3 Å². The van der Waals surface area contributed by atoms with Crippen molar-refractivity contribution in [2.24, 2.45) is 0 Å². The van der Waals surface area contributed by atoms with E-state index in [1.54, 1.807) is 12.3 Å². The van der Waals surface area contributed by atoms with Crippen molar-refractivity contribution in [3.63, 3.8) is 0 Å². The number of benzene rings is 1. The Morgan fingerprint density at radius 3 is 2.44 bits per heavy atom. The molecule has 2 heterocycles. The predicted molar refractivity (Wildman–Crippen MR) is 116 cm³/mol. The quantitative estimate of drug-likeness (QED) is 0.386. The maximum Gasteiger partial charge on any atom is 0.422 e. The number of likely N-dealkylation sites (tertiary alicyclic amines) is 1. The number of nitrogens with zero attached hydrogens (tertiary/aromatic N) is 2. The second-order valence-electron chi connectivity index (χ2n) is 9.26. The summed E-state index contributed by atoms with van der Waals surface area (Å²) in [7, 11) is 0. The molecule has 1 aromatic carbocycles. The van der Waals surface area contributed by atoms with E-state index in [4.69, 9.17) is 4.74 Å². The summed E-state index contributed by atoms with van der Waals surface area (Å²) in [5.41, 5.74) is 0.483. The van der Waals surface area contributed by atoms with E-state index in [-0.39, 0.29) is 30.7 Å². The van der Waals surface area contributed by atoms with Crippen LogP contribution in [0, 0.1) is 17.5 Å². The standard InChI is InChI=1S/C24H27F6N3O3/c25-17-7-8-18(26)22(27)21(17)14-3-5-15(6-4-14)35-12-20-16(19-9-10-31-32-19)2-1-11-33(20)23(34)36-13-24(28,29)30/h7-10,14-16,20H,1-6,11-13H2,(H,31,32). The second kappa shape index (κ2) is 11.1. The Bertz CT molecular complexity index is 1020. The number of hydrogen-bond acceptors (Lipinski definition) is 4. The van der Waals surface area contributed by atoms with Crippen molar-refractivity contribution < 1.29 is 40.6 Å². The minimum atomic E-state index is -4.64. The fourth-order valence-corrected chi connectivity index (χ4v) is 5.22. The molecule has 2 aliphatic rings. The average molecular weight is 519 g/mol. The highest BCUT2D eigenvalue weighted by atomic mass is 19.4. The number of aromatic nitrogens is 2. The molecule has 1 saturated carbocycles. The number of carbonyl (C=O) groups is 1. The van der Waals surface area contributed by atoms with Gasteiger partial charge in [0, 0.05) is 29.9 Å². The van der Waals surface area contributed by atoms with Crippen LogP contribution in [0.1, 0.15) is 61.6 Å². The largest absolute Gasteiger partial charge is 0.440 e. The summed E-state index contributed by atoms with van der Waals surface area (Å²) in [6, 6.07) is 2.83. The van der Waals surface area contributed by atoms with Gasteiger partial charge in [0.2, 0.25) is 0 Å². The lowest BCUT2D eigenvalue weighted by atomic mass is 9.82. The Morgan fingerprint density at radius 1 is 1.06 bits per heavy atom. The molecule has 6 nitrogen and oxygen atoms in total. The van der Waals surface area contributed by atoms with Gasteiger partial charge >= 0.3 is 12.3 Å². The molecular formula is C24H27F6N3O3. The molecule has 1 amide bonds. The molecule has 198 valence electrons. The molecule has 4 rings (SSSR count). The summed E-state index contributed by atoms with van der Waals surface area (Å²) in [6.45, 7) is -1.41. The van der Waals surface area contributed by atoms with E-state index < -0.39 is 48.3 Å². The summed E-state index contributed by atoms with van der Waals surface area (Å²) in [6.07, 6.45) is -1.51. The number of nitrogens with one attached hydrogen (secondary N) is 1. The molecule has 1 aliphatic carbocycles. The lowest BCUT2D eigenvalue weighted by Gasteiger charge is -2.41. The zero-order valence-corrected chi connectivity index (χ0v) is 19.4. The Balaban J connectivity index is 1.40. The third-order valence-corrected chi connectivity index (χ3v) is 6.96. The third kappa shape index (κ3) is 6.13. The molecule has 36 heavy (non-hydrogen) atoms. The summed E-state index contributed by atoms with van der Waals surface area (Å²) in [4.78, 5) is 13.8. The van der Waals surface area contributed by atoms with Crippen molar-refractivity contribution in [3.05, 3.63) is 53.1 Å². The fraction of sp³-hybridized carbons (Fsp3) is 0.583. The van der Waals surface area contributed by atoms with Crippen molar-refractivity contribution in [1.29, 1.82) is 0 Å². The molecule has 1 aromatic heterocycles. The van der Waals surface area contributed by atoms with Gasteiger partial charge in [-0.05, 0) is 62.6 Å².